The molecule has 0 aromatic heterocycles. The summed E-state index contributed by atoms with van der Waals surface area (Å²) < 4.78 is 11.2. The van der Waals surface area contributed by atoms with Crippen LogP contribution in [0, 0.1) is 5.92 Å². The first kappa shape index (κ1) is 23.7. The second kappa shape index (κ2) is 11.5. The van der Waals surface area contributed by atoms with Crippen LogP contribution in [0.2, 0.25) is 0 Å². The van der Waals surface area contributed by atoms with Crippen LogP contribution in [-0.4, -0.2) is 24.1 Å². The van der Waals surface area contributed by atoms with Gasteiger partial charge in [0, 0.05) is 5.92 Å². The van der Waals surface area contributed by atoms with Crippen molar-refractivity contribution in [2.45, 2.75) is 72.5 Å². The molecule has 0 fully saturated rings. The predicted molar refractivity (Wildman–Crippen MR) is 120 cm³/mol. The van der Waals surface area contributed by atoms with E-state index in [1.54, 1.807) is 24.3 Å². The first-order valence-corrected chi connectivity index (χ1v) is 11.0. The third kappa shape index (κ3) is 6.72. The second-order valence-corrected chi connectivity index (χ2v) is 7.97. The van der Waals surface area contributed by atoms with E-state index in [1.165, 1.54) is 11.1 Å². The van der Waals surface area contributed by atoms with E-state index in [1.807, 2.05) is 45.0 Å². The van der Waals surface area contributed by atoms with Gasteiger partial charge in [-0.25, -0.2) is 9.59 Å². The third-order valence-electron chi connectivity index (χ3n) is 5.52. The molecular weight excluding hydrogens is 376 g/mol. The van der Waals surface area contributed by atoms with Crippen LogP contribution in [-0.2, 0) is 22.3 Å². The van der Waals surface area contributed by atoms with Gasteiger partial charge >= 0.3 is 11.9 Å². The summed E-state index contributed by atoms with van der Waals surface area (Å²) in [4.78, 5) is 24.9. The zero-order valence-corrected chi connectivity index (χ0v) is 18.8. The number of aryl methyl sites for hydroxylation is 2. The molecule has 0 aliphatic carbocycles. The lowest BCUT2D eigenvalue weighted by Gasteiger charge is -2.26. The van der Waals surface area contributed by atoms with Crippen molar-refractivity contribution in [2.75, 3.05) is 0 Å². The fraction of sp³-hybridized carbons (Fsp3) is 0.462. The highest BCUT2D eigenvalue weighted by Gasteiger charge is 2.26. The molecule has 0 spiro atoms. The maximum atomic E-state index is 12.5. The molecule has 2 aromatic rings. The highest BCUT2D eigenvalue weighted by molar-refractivity contribution is 5.90. The number of hydrogen-bond acceptors (Lipinski definition) is 4. The molecule has 2 rings (SSSR count). The Bertz CT molecular complexity index is 738. The molecule has 0 bridgehead atoms. The van der Waals surface area contributed by atoms with Gasteiger partial charge < -0.3 is 9.47 Å². The van der Waals surface area contributed by atoms with Gasteiger partial charge in [-0.15, -0.1) is 0 Å². The zero-order valence-electron chi connectivity index (χ0n) is 18.8. The number of carbonyl (C=O) groups is 2. The number of ether oxygens (including phenoxy) is 2. The zero-order chi connectivity index (χ0) is 22.1. The predicted octanol–water partition coefficient (Wildman–Crippen LogP) is 6.02. The molecule has 162 valence electrons. The minimum atomic E-state index is -0.387. The Morgan fingerprint density at radius 2 is 1.00 bits per heavy atom. The van der Waals surface area contributed by atoms with Crippen LogP contribution in [0.15, 0.2) is 48.5 Å². The molecule has 0 saturated carbocycles. The smallest absolute Gasteiger partial charge is 0.338 e. The monoisotopic (exact) mass is 410 g/mol. The maximum Gasteiger partial charge on any atom is 0.338 e. The summed E-state index contributed by atoms with van der Waals surface area (Å²) >= 11 is 0. The van der Waals surface area contributed by atoms with Crippen molar-refractivity contribution in [3.05, 3.63) is 70.8 Å². The fourth-order valence-corrected chi connectivity index (χ4v) is 3.26. The van der Waals surface area contributed by atoms with Gasteiger partial charge in [-0.2, -0.15) is 0 Å². The Labute approximate surface area is 180 Å². The van der Waals surface area contributed by atoms with E-state index < -0.39 is 0 Å². The number of hydrogen-bond donors (Lipinski definition) is 0. The molecule has 0 saturated heterocycles. The molecule has 0 amide bonds. The van der Waals surface area contributed by atoms with Crippen molar-refractivity contribution in [2.24, 2.45) is 5.92 Å². The van der Waals surface area contributed by atoms with Gasteiger partial charge in [-0.05, 0) is 62.1 Å². The first-order chi connectivity index (χ1) is 14.3. The molecule has 0 radical (unpaired) electrons. The molecule has 0 heterocycles. The van der Waals surface area contributed by atoms with E-state index in [0.717, 1.165) is 25.7 Å². The molecule has 0 aliphatic heterocycles. The lowest BCUT2D eigenvalue weighted by atomic mass is 10.00. The van der Waals surface area contributed by atoms with Crippen molar-refractivity contribution in [1.29, 1.82) is 0 Å². The van der Waals surface area contributed by atoms with Crippen molar-refractivity contribution in [3.63, 3.8) is 0 Å². The van der Waals surface area contributed by atoms with E-state index in [4.69, 9.17) is 9.47 Å². The van der Waals surface area contributed by atoms with Gasteiger partial charge in [0.25, 0.3) is 0 Å². The summed E-state index contributed by atoms with van der Waals surface area (Å²) in [6, 6.07) is 15.1. The Morgan fingerprint density at radius 1 is 0.667 bits per heavy atom. The number of benzene rings is 2. The highest BCUT2D eigenvalue weighted by atomic mass is 16.6. The van der Waals surface area contributed by atoms with Gasteiger partial charge in [0.2, 0.25) is 0 Å². The lowest BCUT2D eigenvalue weighted by molar-refractivity contribution is -0.0174. The third-order valence-corrected chi connectivity index (χ3v) is 5.52. The largest absolute Gasteiger partial charge is 0.459 e. The summed E-state index contributed by atoms with van der Waals surface area (Å²) in [5.74, 6) is -0.860. The highest BCUT2D eigenvalue weighted by Crippen LogP contribution is 2.19. The fourth-order valence-electron chi connectivity index (χ4n) is 3.26. The Hall–Kier alpha value is -2.62. The SMILES string of the molecule is CCCc1ccc(C(=O)OC(C)C(C)C(C)OC(=O)c2ccc(CCC)cc2)cc1. The lowest BCUT2D eigenvalue weighted by Crippen LogP contribution is -2.32. The van der Waals surface area contributed by atoms with Gasteiger partial charge in [0.15, 0.2) is 0 Å². The van der Waals surface area contributed by atoms with Crippen LogP contribution in [0.25, 0.3) is 0 Å². The summed E-state index contributed by atoms with van der Waals surface area (Å²) in [5, 5.41) is 0. The van der Waals surface area contributed by atoms with E-state index in [-0.39, 0.29) is 30.1 Å². The summed E-state index contributed by atoms with van der Waals surface area (Å²) in [6.45, 7) is 9.84. The van der Waals surface area contributed by atoms with Crippen molar-refractivity contribution >= 4 is 11.9 Å². The first-order valence-electron chi connectivity index (χ1n) is 11.0. The van der Waals surface area contributed by atoms with Crippen molar-refractivity contribution in [3.8, 4) is 0 Å². The second-order valence-electron chi connectivity index (χ2n) is 7.97. The van der Waals surface area contributed by atoms with E-state index in [2.05, 4.69) is 13.8 Å². The van der Waals surface area contributed by atoms with Crippen LogP contribution >= 0.6 is 0 Å². The van der Waals surface area contributed by atoms with Crippen LogP contribution in [0.1, 0.15) is 79.3 Å². The van der Waals surface area contributed by atoms with Crippen LogP contribution < -0.4 is 0 Å². The molecule has 2 atom stereocenters. The quantitative estimate of drug-likeness (QED) is 0.450. The topological polar surface area (TPSA) is 52.6 Å². The van der Waals surface area contributed by atoms with Crippen LogP contribution in [0.3, 0.4) is 0 Å². The van der Waals surface area contributed by atoms with Gasteiger partial charge in [0.05, 0.1) is 11.1 Å². The number of esters is 2. The Kier molecular flexibility index (Phi) is 9.10. The molecule has 0 N–H and O–H groups in total. The van der Waals surface area contributed by atoms with Gasteiger partial charge in [-0.3, -0.25) is 0 Å². The molecule has 0 aliphatic rings. The van der Waals surface area contributed by atoms with Crippen molar-refractivity contribution < 1.29 is 19.1 Å². The number of carbonyl (C=O) groups excluding carboxylic acids is 2. The average Bonchev–Trinajstić information content (AvgIpc) is 2.74. The maximum absolute atomic E-state index is 12.5. The average molecular weight is 411 g/mol. The van der Waals surface area contributed by atoms with Crippen LogP contribution in [0.4, 0.5) is 0 Å². The van der Waals surface area contributed by atoms with Gasteiger partial charge in [0.1, 0.15) is 12.2 Å². The minimum Gasteiger partial charge on any atom is -0.459 e. The Morgan fingerprint density at radius 3 is 1.30 bits per heavy atom. The standard InChI is InChI=1S/C26H34O4/c1-6-8-21-10-14-23(15-11-21)25(27)29-19(4)18(3)20(5)30-26(28)24-16-12-22(9-7-2)13-17-24/h10-20H,6-9H2,1-5H3. The number of rotatable bonds is 10. The van der Waals surface area contributed by atoms with Gasteiger partial charge in [-0.1, -0.05) is 57.9 Å². The molecule has 4 heteroatoms. The van der Waals surface area contributed by atoms with Crippen LogP contribution in [0.5, 0.6) is 0 Å². The van der Waals surface area contributed by atoms with E-state index in [0.29, 0.717) is 11.1 Å². The molecule has 30 heavy (non-hydrogen) atoms. The van der Waals surface area contributed by atoms with Crippen molar-refractivity contribution in [1.82, 2.24) is 0 Å². The molecule has 4 nitrogen and oxygen atoms in total. The summed E-state index contributed by atoms with van der Waals surface area (Å²) in [7, 11) is 0. The van der Waals surface area contributed by atoms with E-state index >= 15 is 0 Å². The molecule has 2 aromatic carbocycles. The molecule has 2 unspecified atom stereocenters. The normalized spacial score (nSPS) is 13.9. The van der Waals surface area contributed by atoms with E-state index in [9.17, 15) is 9.59 Å². The summed E-state index contributed by atoms with van der Waals surface area (Å²) in [6.07, 6.45) is 3.35. The Balaban J connectivity index is 1.90. The molecular formula is C26H34O4. The minimum absolute atomic E-state index is 0.142. The summed E-state index contributed by atoms with van der Waals surface area (Å²) in [5.41, 5.74) is 3.48.